The van der Waals surface area contributed by atoms with E-state index in [1.165, 1.54) is 0 Å². The standard InChI is InChI=1S/C13H17NO2/c1-10-8-14(9-11(10)2)13(15)16-12-6-4-3-5-7-12/h3-7,10-11H,8-9H2,1-2H3. The van der Waals surface area contributed by atoms with Crippen LogP contribution in [0.4, 0.5) is 4.79 Å². The molecule has 1 amide bonds. The predicted molar refractivity (Wildman–Crippen MR) is 62.4 cm³/mol. The third kappa shape index (κ3) is 2.35. The highest BCUT2D eigenvalue weighted by molar-refractivity contribution is 5.71. The number of benzene rings is 1. The number of rotatable bonds is 1. The molecule has 1 aromatic rings. The molecule has 1 fully saturated rings. The normalized spacial score (nSPS) is 24.5. The average molecular weight is 219 g/mol. The van der Waals surface area contributed by atoms with E-state index in [4.69, 9.17) is 4.74 Å². The molecule has 2 rings (SSSR count). The molecule has 3 nitrogen and oxygen atoms in total. The Balaban J connectivity index is 1.95. The quantitative estimate of drug-likeness (QED) is 0.726. The highest BCUT2D eigenvalue weighted by Gasteiger charge is 2.30. The van der Waals surface area contributed by atoms with Crippen LogP contribution in [0.15, 0.2) is 30.3 Å². The fourth-order valence-corrected chi connectivity index (χ4v) is 1.93. The van der Waals surface area contributed by atoms with E-state index in [1.807, 2.05) is 18.2 Å². The van der Waals surface area contributed by atoms with E-state index in [0.29, 0.717) is 17.6 Å². The molecule has 3 heteroatoms. The van der Waals surface area contributed by atoms with Gasteiger partial charge in [-0.3, -0.25) is 0 Å². The van der Waals surface area contributed by atoms with Gasteiger partial charge in [-0.25, -0.2) is 4.79 Å². The molecule has 1 aromatic carbocycles. The zero-order valence-electron chi connectivity index (χ0n) is 9.72. The average Bonchev–Trinajstić information content (AvgIpc) is 2.61. The summed E-state index contributed by atoms with van der Waals surface area (Å²) in [6, 6.07) is 9.20. The van der Waals surface area contributed by atoms with Crippen molar-refractivity contribution in [1.29, 1.82) is 0 Å². The first kappa shape index (κ1) is 11.0. The lowest BCUT2D eigenvalue weighted by atomic mass is 10.0. The summed E-state index contributed by atoms with van der Waals surface area (Å²) in [6.45, 7) is 5.93. The van der Waals surface area contributed by atoms with Crippen LogP contribution in [0.25, 0.3) is 0 Å². The van der Waals surface area contributed by atoms with Gasteiger partial charge in [0.25, 0.3) is 0 Å². The van der Waals surface area contributed by atoms with Crippen LogP contribution < -0.4 is 4.74 Å². The number of amides is 1. The number of likely N-dealkylation sites (tertiary alicyclic amines) is 1. The highest BCUT2D eigenvalue weighted by atomic mass is 16.6. The first-order chi connectivity index (χ1) is 7.66. The van der Waals surface area contributed by atoms with Crippen molar-refractivity contribution >= 4 is 6.09 Å². The van der Waals surface area contributed by atoms with E-state index in [0.717, 1.165) is 13.1 Å². The van der Waals surface area contributed by atoms with Crippen molar-refractivity contribution in [2.75, 3.05) is 13.1 Å². The Kier molecular flexibility index (Phi) is 3.13. The fraction of sp³-hybridized carbons (Fsp3) is 0.462. The number of hydrogen-bond acceptors (Lipinski definition) is 2. The fourth-order valence-electron chi connectivity index (χ4n) is 1.93. The molecule has 0 N–H and O–H groups in total. The lowest BCUT2D eigenvalue weighted by molar-refractivity contribution is 0.160. The monoisotopic (exact) mass is 219 g/mol. The van der Waals surface area contributed by atoms with Gasteiger partial charge in [0, 0.05) is 13.1 Å². The van der Waals surface area contributed by atoms with Crippen LogP contribution in [0.2, 0.25) is 0 Å². The molecule has 0 saturated carbocycles. The number of para-hydroxylation sites is 1. The van der Waals surface area contributed by atoms with Crippen molar-refractivity contribution in [3.63, 3.8) is 0 Å². The third-order valence-corrected chi connectivity index (χ3v) is 3.19. The molecule has 2 atom stereocenters. The summed E-state index contributed by atoms with van der Waals surface area (Å²) < 4.78 is 5.28. The Hall–Kier alpha value is -1.51. The number of hydrogen-bond donors (Lipinski definition) is 0. The summed E-state index contributed by atoms with van der Waals surface area (Å²) in [6.07, 6.45) is -0.234. The van der Waals surface area contributed by atoms with Gasteiger partial charge in [-0.15, -0.1) is 0 Å². The molecule has 16 heavy (non-hydrogen) atoms. The molecule has 0 aliphatic carbocycles. The van der Waals surface area contributed by atoms with Gasteiger partial charge >= 0.3 is 6.09 Å². The lowest BCUT2D eigenvalue weighted by Gasteiger charge is -2.15. The van der Waals surface area contributed by atoms with Gasteiger partial charge in [-0.2, -0.15) is 0 Å². The first-order valence-corrected chi connectivity index (χ1v) is 5.68. The third-order valence-electron chi connectivity index (χ3n) is 3.19. The van der Waals surface area contributed by atoms with Crippen LogP contribution in [-0.4, -0.2) is 24.1 Å². The van der Waals surface area contributed by atoms with Crippen molar-refractivity contribution in [3.05, 3.63) is 30.3 Å². The van der Waals surface area contributed by atoms with Crippen molar-refractivity contribution < 1.29 is 9.53 Å². The minimum absolute atomic E-state index is 0.234. The Morgan fingerprint density at radius 1 is 1.19 bits per heavy atom. The maximum absolute atomic E-state index is 11.8. The molecule has 2 unspecified atom stereocenters. The van der Waals surface area contributed by atoms with Gasteiger partial charge < -0.3 is 9.64 Å². The van der Waals surface area contributed by atoms with Crippen LogP contribution in [0, 0.1) is 11.8 Å². The van der Waals surface area contributed by atoms with Crippen LogP contribution in [0.3, 0.4) is 0 Å². The van der Waals surface area contributed by atoms with E-state index >= 15 is 0 Å². The molecule has 0 bridgehead atoms. The van der Waals surface area contributed by atoms with Crippen LogP contribution in [-0.2, 0) is 0 Å². The summed E-state index contributed by atoms with van der Waals surface area (Å²) in [5, 5.41) is 0. The number of nitrogens with zero attached hydrogens (tertiary/aromatic N) is 1. The van der Waals surface area contributed by atoms with E-state index in [2.05, 4.69) is 13.8 Å². The largest absolute Gasteiger partial charge is 0.415 e. The van der Waals surface area contributed by atoms with Gasteiger partial charge in [0.1, 0.15) is 5.75 Å². The molecule has 1 saturated heterocycles. The van der Waals surface area contributed by atoms with Crippen LogP contribution in [0.5, 0.6) is 5.75 Å². The van der Waals surface area contributed by atoms with Gasteiger partial charge in [-0.1, -0.05) is 32.0 Å². The Labute approximate surface area is 96.0 Å². The molecule has 1 heterocycles. The molecular weight excluding hydrogens is 202 g/mol. The smallest absolute Gasteiger partial charge is 0.410 e. The Bertz CT molecular complexity index is 353. The minimum atomic E-state index is -0.234. The summed E-state index contributed by atoms with van der Waals surface area (Å²) in [4.78, 5) is 13.6. The topological polar surface area (TPSA) is 29.5 Å². The van der Waals surface area contributed by atoms with Crippen LogP contribution in [0.1, 0.15) is 13.8 Å². The summed E-state index contributed by atoms with van der Waals surface area (Å²) in [5.41, 5.74) is 0. The van der Waals surface area contributed by atoms with Gasteiger partial charge in [0.2, 0.25) is 0 Å². The lowest BCUT2D eigenvalue weighted by Crippen LogP contribution is -2.31. The molecule has 0 aromatic heterocycles. The summed E-state index contributed by atoms with van der Waals surface area (Å²) in [5.74, 6) is 1.73. The second kappa shape index (κ2) is 4.56. The highest BCUT2D eigenvalue weighted by Crippen LogP contribution is 2.23. The Morgan fingerprint density at radius 3 is 2.31 bits per heavy atom. The van der Waals surface area contributed by atoms with E-state index in [-0.39, 0.29) is 6.09 Å². The maximum atomic E-state index is 11.8. The second-order valence-corrected chi connectivity index (χ2v) is 4.54. The van der Waals surface area contributed by atoms with Gasteiger partial charge in [0.05, 0.1) is 0 Å². The SMILES string of the molecule is CC1CN(C(=O)Oc2ccccc2)CC1C. The van der Waals surface area contributed by atoms with E-state index in [9.17, 15) is 4.79 Å². The second-order valence-electron chi connectivity index (χ2n) is 4.54. The van der Waals surface area contributed by atoms with E-state index < -0.39 is 0 Å². The molecule has 0 spiro atoms. The summed E-state index contributed by atoms with van der Waals surface area (Å²) >= 11 is 0. The van der Waals surface area contributed by atoms with Crippen molar-refractivity contribution in [1.82, 2.24) is 4.90 Å². The molecule has 0 radical (unpaired) electrons. The van der Waals surface area contributed by atoms with Gasteiger partial charge in [-0.05, 0) is 24.0 Å². The minimum Gasteiger partial charge on any atom is -0.410 e. The molecule has 1 aliphatic heterocycles. The first-order valence-electron chi connectivity index (χ1n) is 5.68. The van der Waals surface area contributed by atoms with Crippen molar-refractivity contribution in [2.24, 2.45) is 11.8 Å². The summed E-state index contributed by atoms with van der Waals surface area (Å²) in [7, 11) is 0. The molecule has 86 valence electrons. The maximum Gasteiger partial charge on any atom is 0.415 e. The molecular formula is C13H17NO2. The van der Waals surface area contributed by atoms with E-state index in [1.54, 1.807) is 17.0 Å². The number of carbonyl (C=O) groups excluding carboxylic acids is 1. The predicted octanol–water partition coefficient (Wildman–Crippen LogP) is 2.77. The van der Waals surface area contributed by atoms with Crippen molar-refractivity contribution in [3.8, 4) is 5.75 Å². The van der Waals surface area contributed by atoms with Crippen LogP contribution >= 0.6 is 0 Å². The van der Waals surface area contributed by atoms with Gasteiger partial charge in [0.15, 0.2) is 0 Å². The number of carbonyl (C=O) groups is 1. The molecule has 1 aliphatic rings. The van der Waals surface area contributed by atoms with Crippen molar-refractivity contribution in [2.45, 2.75) is 13.8 Å². The number of ether oxygens (including phenoxy) is 1. The zero-order valence-corrected chi connectivity index (χ0v) is 9.72. The zero-order chi connectivity index (χ0) is 11.5. The Morgan fingerprint density at radius 2 is 1.75 bits per heavy atom.